The lowest BCUT2D eigenvalue weighted by Crippen LogP contribution is -2.29. The monoisotopic (exact) mass is 340 g/mol. The summed E-state index contributed by atoms with van der Waals surface area (Å²) < 4.78 is 6.52. The van der Waals surface area contributed by atoms with Crippen molar-refractivity contribution in [3.05, 3.63) is 50.1 Å². The molecule has 1 aromatic carbocycles. The van der Waals surface area contributed by atoms with Crippen LogP contribution in [-0.4, -0.2) is 7.11 Å². The number of halogens is 1. The Morgan fingerprint density at radius 1 is 1.37 bits per heavy atom. The molecule has 0 aliphatic rings. The molecule has 0 fully saturated rings. The van der Waals surface area contributed by atoms with Gasteiger partial charge in [0, 0.05) is 4.88 Å². The molecule has 0 spiro atoms. The van der Waals surface area contributed by atoms with Crippen molar-refractivity contribution in [2.24, 2.45) is 5.84 Å². The zero-order chi connectivity index (χ0) is 13.8. The number of methoxy groups -OCH3 is 1. The number of hydrogen-bond acceptors (Lipinski definition) is 4. The molecule has 1 atom stereocenters. The summed E-state index contributed by atoms with van der Waals surface area (Å²) in [5, 5.41) is 0. The lowest BCUT2D eigenvalue weighted by atomic mass is 10.0. The minimum atomic E-state index is 0.0898. The van der Waals surface area contributed by atoms with Crippen LogP contribution in [0.1, 0.15) is 22.0 Å². The maximum absolute atomic E-state index is 5.69. The first-order valence-electron chi connectivity index (χ1n) is 5.99. The minimum Gasteiger partial charge on any atom is -0.496 e. The molecule has 1 aromatic heterocycles. The molecule has 1 unspecified atom stereocenters. The van der Waals surface area contributed by atoms with Crippen molar-refractivity contribution in [2.75, 3.05) is 7.11 Å². The molecule has 1 heterocycles. The highest BCUT2D eigenvalue weighted by Crippen LogP contribution is 2.31. The molecule has 5 heteroatoms. The third kappa shape index (κ3) is 3.57. The molecule has 0 amide bonds. The molecule has 0 aliphatic carbocycles. The number of benzene rings is 1. The molecule has 0 radical (unpaired) electrons. The normalized spacial score (nSPS) is 12.4. The summed E-state index contributed by atoms with van der Waals surface area (Å²) in [6, 6.07) is 10.4. The fourth-order valence-corrected chi connectivity index (χ4v) is 3.53. The molecule has 0 saturated heterocycles. The van der Waals surface area contributed by atoms with Crippen LogP contribution in [0.2, 0.25) is 0 Å². The molecule has 2 rings (SSSR count). The third-order valence-electron chi connectivity index (χ3n) is 3.00. The van der Waals surface area contributed by atoms with E-state index >= 15 is 0 Å². The lowest BCUT2D eigenvalue weighted by Gasteiger charge is -2.16. The molecule has 0 saturated carbocycles. The van der Waals surface area contributed by atoms with E-state index in [1.165, 1.54) is 10.4 Å². The van der Waals surface area contributed by atoms with Gasteiger partial charge in [0.25, 0.3) is 0 Å². The van der Waals surface area contributed by atoms with Gasteiger partial charge in [0.1, 0.15) is 5.75 Å². The zero-order valence-electron chi connectivity index (χ0n) is 10.9. The summed E-state index contributed by atoms with van der Waals surface area (Å²) >= 11 is 5.17. The quantitative estimate of drug-likeness (QED) is 0.646. The molecular weight excluding hydrogens is 324 g/mol. The van der Waals surface area contributed by atoms with Gasteiger partial charge in [-0.1, -0.05) is 17.7 Å². The van der Waals surface area contributed by atoms with E-state index in [9.17, 15) is 0 Å². The highest BCUT2D eigenvalue weighted by Gasteiger charge is 2.15. The maximum Gasteiger partial charge on any atom is 0.122 e. The van der Waals surface area contributed by atoms with Gasteiger partial charge in [-0.05, 0) is 53.0 Å². The molecule has 2 aromatic rings. The molecule has 102 valence electrons. The molecule has 0 aliphatic heterocycles. The number of hydrogen-bond donors (Lipinski definition) is 2. The van der Waals surface area contributed by atoms with Crippen molar-refractivity contribution >= 4 is 27.3 Å². The Balaban J connectivity index is 2.25. The van der Waals surface area contributed by atoms with Crippen molar-refractivity contribution in [1.29, 1.82) is 0 Å². The molecule has 3 nitrogen and oxygen atoms in total. The van der Waals surface area contributed by atoms with E-state index in [1.807, 2.05) is 12.1 Å². The molecular formula is C14H17BrN2OS. The summed E-state index contributed by atoms with van der Waals surface area (Å²) in [6.07, 6.45) is 0.800. The van der Waals surface area contributed by atoms with Gasteiger partial charge in [-0.3, -0.25) is 11.3 Å². The Morgan fingerprint density at radius 2 is 2.16 bits per heavy atom. The van der Waals surface area contributed by atoms with E-state index in [0.29, 0.717) is 0 Å². The first-order chi connectivity index (χ1) is 9.13. The number of thiophene rings is 1. The average Bonchev–Trinajstić information content (AvgIpc) is 2.82. The van der Waals surface area contributed by atoms with Crippen LogP contribution in [0.4, 0.5) is 0 Å². The van der Waals surface area contributed by atoms with Crippen LogP contribution in [0, 0.1) is 6.92 Å². The average molecular weight is 341 g/mol. The van der Waals surface area contributed by atoms with E-state index in [2.05, 4.69) is 46.5 Å². The highest BCUT2D eigenvalue weighted by molar-refractivity contribution is 9.11. The van der Waals surface area contributed by atoms with Crippen molar-refractivity contribution in [3.63, 3.8) is 0 Å². The fraction of sp³-hybridized carbons (Fsp3) is 0.286. The summed E-state index contributed by atoms with van der Waals surface area (Å²) in [6.45, 7) is 2.08. The number of nitrogens with one attached hydrogen (secondary N) is 1. The Kier molecular flexibility index (Phi) is 4.99. The Bertz CT molecular complexity index is 556. The predicted octanol–water partition coefficient (Wildman–Crippen LogP) is 3.57. The lowest BCUT2D eigenvalue weighted by molar-refractivity contribution is 0.406. The van der Waals surface area contributed by atoms with Crippen molar-refractivity contribution in [1.82, 2.24) is 5.43 Å². The summed E-state index contributed by atoms with van der Waals surface area (Å²) in [5.41, 5.74) is 5.27. The topological polar surface area (TPSA) is 47.3 Å². The fourth-order valence-electron chi connectivity index (χ4n) is 2.04. The van der Waals surface area contributed by atoms with Crippen molar-refractivity contribution < 1.29 is 4.74 Å². The van der Waals surface area contributed by atoms with Crippen LogP contribution in [-0.2, 0) is 6.42 Å². The standard InChI is InChI=1S/C14H17BrN2OS/c1-9-3-4-12(18-2)10(7-9)8-11(17-16)13-5-6-14(15)19-13/h3-7,11,17H,8,16H2,1-2H3. The largest absolute Gasteiger partial charge is 0.496 e. The van der Waals surface area contributed by atoms with Gasteiger partial charge in [0.15, 0.2) is 0 Å². The van der Waals surface area contributed by atoms with Gasteiger partial charge in [-0.15, -0.1) is 11.3 Å². The van der Waals surface area contributed by atoms with Gasteiger partial charge in [-0.2, -0.15) is 0 Å². The van der Waals surface area contributed by atoms with Crippen LogP contribution in [0.5, 0.6) is 5.75 Å². The maximum atomic E-state index is 5.69. The van der Waals surface area contributed by atoms with E-state index in [4.69, 9.17) is 10.6 Å². The van der Waals surface area contributed by atoms with E-state index < -0.39 is 0 Å². The zero-order valence-corrected chi connectivity index (χ0v) is 13.3. The van der Waals surface area contributed by atoms with Crippen LogP contribution >= 0.6 is 27.3 Å². The molecule has 3 N–H and O–H groups in total. The van der Waals surface area contributed by atoms with Gasteiger partial charge >= 0.3 is 0 Å². The van der Waals surface area contributed by atoms with Gasteiger partial charge in [0.05, 0.1) is 16.9 Å². The number of nitrogens with two attached hydrogens (primary N) is 1. The second kappa shape index (κ2) is 6.52. The SMILES string of the molecule is COc1ccc(C)cc1CC(NN)c1ccc(Br)s1. The van der Waals surface area contributed by atoms with Crippen molar-refractivity contribution in [2.45, 2.75) is 19.4 Å². The first kappa shape index (κ1) is 14.5. The summed E-state index contributed by atoms with van der Waals surface area (Å²) in [4.78, 5) is 1.21. The highest BCUT2D eigenvalue weighted by atomic mass is 79.9. The second-order valence-electron chi connectivity index (χ2n) is 4.38. The van der Waals surface area contributed by atoms with Crippen LogP contribution in [0.3, 0.4) is 0 Å². The van der Waals surface area contributed by atoms with E-state index in [0.717, 1.165) is 21.5 Å². The van der Waals surface area contributed by atoms with Gasteiger partial charge in [-0.25, -0.2) is 0 Å². The Hall–Kier alpha value is -0.880. The van der Waals surface area contributed by atoms with Crippen LogP contribution in [0.25, 0.3) is 0 Å². The number of ether oxygens (including phenoxy) is 1. The Labute approximate surface area is 125 Å². The van der Waals surface area contributed by atoms with Crippen LogP contribution in [0.15, 0.2) is 34.1 Å². The summed E-state index contributed by atoms with van der Waals surface area (Å²) in [5.74, 6) is 6.60. The van der Waals surface area contributed by atoms with Gasteiger partial charge < -0.3 is 4.74 Å². The first-order valence-corrected chi connectivity index (χ1v) is 7.60. The molecule has 19 heavy (non-hydrogen) atoms. The molecule has 0 bridgehead atoms. The van der Waals surface area contributed by atoms with Crippen LogP contribution < -0.4 is 16.0 Å². The summed E-state index contributed by atoms with van der Waals surface area (Å²) in [7, 11) is 1.70. The predicted molar refractivity (Wildman–Crippen MR) is 83.5 cm³/mol. The smallest absolute Gasteiger partial charge is 0.122 e. The third-order valence-corrected chi connectivity index (χ3v) is 4.74. The van der Waals surface area contributed by atoms with E-state index in [-0.39, 0.29) is 6.04 Å². The van der Waals surface area contributed by atoms with E-state index in [1.54, 1.807) is 18.4 Å². The Morgan fingerprint density at radius 3 is 2.74 bits per heavy atom. The number of hydrazine groups is 1. The number of rotatable bonds is 5. The second-order valence-corrected chi connectivity index (χ2v) is 6.88. The minimum absolute atomic E-state index is 0.0898. The van der Waals surface area contributed by atoms with Gasteiger partial charge in [0.2, 0.25) is 0 Å². The van der Waals surface area contributed by atoms with Crippen molar-refractivity contribution in [3.8, 4) is 5.75 Å². The number of aryl methyl sites for hydroxylation is 1.